The van der Waals surface area contributed by atoms with Crippen LogP contribution in [0.15, 0.2) is 24.3 Å². The van der Waals surface area contributed by atoms with Gasteiger partial charge in [0.15, 0.2) is 23.3 Å². The van der Waals surface area contributed by atoms with Crippen molar-refractivity contribution in [2.75, 3.05) is 5.32 Å². The smallest absolute Gasteiger partial charge is 0.258 e. The van der Waals surface area contributed by atoms with E-state index in [1.165, 1.54) is 11.3 Å². The van der Waals surface area contributed by atoms with Crippen LogP contribution in [-0.2, 0) is 0 Å². The lowest BCUT2D eigenvalue weighted by atomic mass is 10.1. The molecule has 3 nitrogen and oxygen atoms in total. The summed E-state index contributed by atoms with van der Waals surface area (Å²) in [6, 6.07) is 5.25. The molecule has 0 spiro atoms. The number of hydrogen-bond acceptors (Lipinski definition) is 3. The molecule has 4 rings (SSSR count). The van der Waals surface area contributed by atoms with Crippen LogP contribution >= 0.6 is 11.3 Å². The number of hydrogen-bond donors (Lipinski definition) is 1. The number of aromatic nitrogens is 1. The summed E-state index contributed by atoms with van der Waals surface area (Å²) < 4.78 is 54.0. The summed E-state index contributed by atoms with van der Waals surface area (Å²) in [5.41, 5.74) is 0.211. The standard InChI is InChI=1S/C17H10F4N2OS/c18-10-6-9(13(19)15(21)14(10)20)16(24)22-8-3-4-11-12(5-8)25-17(23-11)7-1-2-7/h3-7H,1-2H2,(H,22,24). The maximum atomic E-state index is 13.7. The predicted octanol–water partition coefficient (Wildman–Crippen LogP) is 4.98. The van der Waals surface area contributed by atoms with Crippen molar-refractivity contribution in [1.82, 2.24) is 4.98 Å². The largest absolute Gasteiger partial charge is 0.322 e. The lowest BCUT2D eigenvalue weighted by Crippen LogP contribution is -2.16. The maximum Gasteiger partial charge on any atom is 0.258 e. The van der Waals surface area contributed by atoms with Crippen LogP contribution in [0.3, 0.4) is 0 Å². The second-order valence-corrected chi connectivity index (χ2v) is 6.87. The predicted molar refractivity (Wildman–Crippen MR) is 85.8 cm³/mol. The molecule has 1 fully saturated rings. The van der Waals surface area contributed by atoms with Crippen molar-refractivity contribution in [1.29, 1.82) is 0 Å². The first-order valence-electron chi connectivity index (χ1n) is 7.49. The van der Waals surface area contributed by atoms with E-state index in [9.17, 15) is 22.4 Å². The molecule has 0 aliphatic heterocycles. The van der Waals surface area contributed by atoms with Crippen LogP contribution < -0.4 is 5.32 Å². The summed E-state index contributed by atoms with van der Waals surface area (Å²) >= 11 is 1.51. The molecular weight excluding hydrogens is 356 g/mol. The van der Waals surface area contributed by atoms with E-state index in [2.05, 4.69) is 10.3 Å². The third-order valence-corrected chi connectivity index (χ3v) is 5.12. The van der Waals surface area contributed by atoms with Crippen molar-refractivity contribution in [2.24, 2.45) is 0 Å². The average molecular weight is 366 g/mol. The van der Waals surface area contributed by atoms with Gasteiger partial charge in [0.05, 0.1) is 20.8 Å². The quantitative estimate of drug-likeness (QED) is 0.403. The number of carbonyl (C=O) groups is 1. The summed E-state index contributed by atoms with van der Waals surface area (Å²) in [7, 11) is 0. The molecule has 1 N–H and O–H groups in total. The Balaban J connectivity index is 1.63. The van der Waals surface area contributed by atoms with Gasteiger partial charge in [-0.1, -0.05) is 0 Å². The fourth-order valence-corrected chi connectivity index (χ4v) is 3.64. The van der Waals surface area contributed by atoms with Gasteiger partial charge in [-0.05, 0) is 37.1 Å². The van der Waals surface area contributed by atoms with Crippen molar-refractivity contribution in [3.8, 4) is 0 Å². The normalized spacial score (nSPS) is 14.1. The van der Waals surface area contributed by atoms with Crippen molar-refractivity contribution >= 4 is 33.1 Å². The van der Waals surface area contributed by atoms with Gasteiger partial charge in [-0.15, -0.1) is 11.3 Å². The SMILES string of the molecule is O=C(Nc1ccc2nc(C3CC3)sc2c1)c1cc(F)c(F)c(F)c1F. The first kappa shape index (κ1) is 16.0. The van der Waals surface area contributed by atoms with Crippen molar-refractivity contribution in [2.45, 2.75) is 18.8 Å². The minimum Gasteiger partial charge on any atom is -0.322 e. The Kier molecular flexibility index (Phi) is 3.72. The molecule has 1 heterocycles. The summed E-state index contributed by atoms with van der Waals surface area (Å²) in [6.07, 6.45) is 2.23. The zero-order valence-electron chi connectivity index (χ0n) is 12.6. The van der Waals surface area contributed by atoms with Gasteiger partial charge in [0.1, 0.15) is 0 Å². The zero-order valence-corrected chi connectivity index (χ0v) is 13.4. The van der Waals surface area contributed by atoms with Crippen LogP contribution in [0, 0.1) is 23.3 Å². The van der Waals surface area contributed by atoms with E-state index in [1.807, 2.05) is 0 Å². The van der Waals surface area contributed by atoms with Crippen LogP contribution in [0.2, 0.25) is 0 Å². The monoisotopic (exact) mass is 366 g/mol. The third kappa shape index (κ3) is 2.86. The number of halogens is 4. The lowest BCUT2D eigenvalue weighted by molar-refractivity contribution is 0.102. The van der Waals surface area contributed by atoms with E-state index >= 15 is 0 Å². The van der Waals surface area contributed by atoms with Gasteiger partial charge in [-0.2, -0.15) is 0 Å². The number of rotatable bonds is 3. The molecular formula is C17H10F4N2OS. The fraction of sp³-hybridized carbons (Fsp3) is 0.176. The number of carbonyl (C=O) groups excluding carboxylic acids is 1. The van der Waals surface area contributed by atoms with Crippen LogP contribution in [0.4, 0.5) is 23.2 Å². The second kappa shape index (κ2) is 5.80. The van der Waals surface area contributed by atoms with E-state index < -0.39 is 34.7 Å². The summed E-state index contributed by atoms with van der Waals surface area (Å²) in [4.78, 5) is 16.6. The maximum absolute atomic E-state index is 13.7. The van der Waals surface area contributed by atoms with E-state index in [0.29, 0.717) is 17.7 Å². The molecule has 1 amide bonds. The molecule has 1 aliphatic carbocycles. The van der Waals surface area contributed by atoms with Gasteiger partial charge in [-0.3, -0.25) is 4.79 Å². The molecule has 0 saturated heterocycles. The third-order valence-electron chi connectivity index (χ3n) is 3.94. The Hall–Kier alpha value is -2.48. The highest BCUT2D eigenvalue weighted by atomic mass is 32.1. The molecule has 0 atom stereocenters. The average Bonchev–Trinajstić information content (AvgIpc) is 3.35. The van der Waals surface area contributed by atoms with Crippen molar-refractivity contribution in [3.05, 3.63) is 58.1 Å². The van der Waals surface area contributed by atoms with Crippen molar-refractivity contribution in [3.63, 3.8) is 0 Å². The Morgan fingerprint density at radius 2 is 1.84 bits per heavy atom. The number of anilines is 1. The highest BCUT2D eigenvalue weighted by Crippen LogP contribution is 2.43. The van der Waals surface area contributed by atoms with Gasteiger partial charge in [0.2, 0.25) is 0 Å². The molecule has 128 valence electrons. The van der Waals surface area contributed by atoms with E-state index in [-0.39, 0.29) is 0 Å². The topological polar surface area (TPSA) is 42.0 Å². The lowest BCUT2D eigenvalue weighted by Gasteiger charge is -2.07. The number of amides is 1. The molecule has 2 aromatic carbocycles. The second-order valence-electron chi connectivity index (χ2n) is 5.81. The van der Waals surface area contributed by atoms with Gasteiger partial charge < -0.3 is 5.32 Å². The Bertz CT molecular complexity index is 1010. The van der Waals surface area contributed by atoms with E-state index in [4.69, 9.17) is 0 Å². The van der Waals surface area contributed by atoms with Crippen LogP contribution in [0.1, 0.15) is 34.1 Å². The fourth-order valence-electron chi connectivity index (χ4n) is 2.46. The molecule has 25 heavy (non-hydrogen) atoms. The molecule has 1 saturated carbocycles. The summed E-state index contributed by atoms with van der Waals surface area (Å²) in [6.45, 7) is 0. The van der Waals surface area contributed by atoms with Crippen LogP contribution in [0.25, 0.3) is 10.2 Å². The molecule has 1 aliphatic rings. The van der Waals surface area contributed by atoms with Crippen LogP contribution in [0.5, 0.6) is 0 Å². The van der Waals surface area contributed by atoms with E-state index in [0.717, 1.165) is 28.1 Å². The van der Waals surface area contributed by atoms with Gasteiger partial charge in [-0.25, -0.2) is 22.5 Å². The molecule has 8 heteroatoms. The highest BCUT2D eigenvalue weighted by molar-refractivity contribution is 7.18. The first-order chi connectivity index (χ1) is 11.9. The zero-order chi connectivity index (χ0) is 17.7. The minimum absolute atomic E-state index is 0.327. The highest BCUT2D eigenvalue weighted by Gasteiger charge is 2.27. The number of benzene rings is 2. The van der Waals surface area contributed by atoms with E-state index in [1.54, 1.807) is 18.2 Å². The number of thiazole rings is 1. The van der Waals surface area contributed by atoms with Crippen molar-refractivity contribution < 1.29 is 22.4 Å². The van der Waals surface area contributed by atoms with Crippen LogP contribution in [-0.4, -0.2) is 10.9 Å². The Morgan fingerprint density at radius 1 is 1.08 bits per heavy atom. The first-order valence-corrected chi connectivity index (χ1v) is 8.30. The molecule has 3 aromatic rings. The molecule has 1 aromatic heterocycles. The minimum atomic E-state index is -2.02. The molecule has 0 radical (unpaired) electrons. The number of nitrogens with one attached hydrogen (secondary N) is 1. The van der Waals surface area contributed by atoms with Gasteiger partial charge >= 0.3 is 0 Å². The van der Waals surface area contributed by atoms with Gasteiger partial charge in [0.25, 0.3) is 5.91 Å². The molecule has 0 bridgehead atoms. The summed E-state index contributed by atoms with van der Waals surface area (Å²) in [5.74, 6) is -7.90. The molecule has 0 unspecified atom stereocenters. The Morgan fingerprint density at radius 3 is 2.56 bits per heavy atom. The Labute approximate surface area is 143 Å². The van der Waals surface area contributed by atoms with Gasteiger partial charge in [0, 0.05) is 11.6 Å². The summed E-state index contributed by atoms with van der Waals surface area (Å²) in [5, 5.41) is 3.40. The number of nitrogens with zero attached hydrogens (tertiary/aromatic N) is 1. The number of fused-ring (bicyclic) bond motifs is 1.